The number of hydrogen-bond donors (Lipinski definition) is 0. The van der Waals surface area contributed by atoms with Gasteiger partial charge in [-0.1, -0.05) is 20.8 Å². The third-order valence-corrected chi connectivity index (χ3v) is 3.42. The minimum absolute atomic E-state index is 0.0600. The lowest BCUT2D eigenvalue weighted by molar-refractivity contribution is -0.127. The standard InChI is InChI=1S/C16H20N2O3/c1-10(19)15-12-7-6-11(21-5)8-13(12)18(17-15)9-14(20)16(2,3)4/h6-8H,9H2,1-5H3. The number of benzene rings is 1. The molecule has 0 radical (unpaired) electrons. The monoisotopic (exact) mass is 288 g/mol. The van der Waals surface area contributed by atoms with Gasteiger partial charge in [0.2, 0.25) is 0 Å². The van der Waals surface area contributed by atoms with Gasteiger partial charge in [-0.05, 0) is 12.1 Å². The van der Waals surface area contributed by atoms with Gasteiger partial charge < -0.3 is 4.74 Å². The second-order valence-electron chi connectivity index (χ2n) is 6.12. The van der Waals surface area contributed by atoms with E-state index in [0.29, 0.717) is 11.4 Å². The molecule has 0 bridgehead atoms. The van der Waals surface area contributed by atoms with Crippen molar-refractivity contribution in [2.75, 3.05) is 7.11 Å². The number of ether oxygens (including phenoxy) is 1. The Kier molecular flexibility index (Phi) is 3.85. The van der Waals surface area contributed by atoms with Gasteiger partial charge >= 0.3 is 0 Å². The van der Waals surface area contributed by atoms with Crippen LogP contribution in [0.15, 0.2) is 18.2 Å². The SMILES string of the molecule is COc1ccc2c(C(C)=O)nn(CC(=O)C(C)(C)C)c2c1. The van der Waals surface area contributed by atoms with Crippen LogP contribution in [-0.4, -0.2) is 28.5 Å². The number of rotatable bonds is 4. The van der Waals surface area contributed by atoms with Crippen LogP contribution in [0.4, 0.5) is 0 Å². The Labute approximate surface area is 123 Å². The Morgan fingerprint density at radius 2 is 1.95 bits per heavy atom. The minimum atomic E-state index is -0.451. The summed E-state index contributed by atoms with van der Waals surface area (Å²) in [6.07, 6.45) is 0. The van der Waals surface area contributed by atoms with Crippen molar-refractivity contribution in [3.05, 3.63) is 23.9 Å². The number of methoxy groups -OCH3 is 1. The second kappa shape index (κ2) is 5.31. The quantitative estimate of drug-likeness (QED) is 0.812. The van der Waals surface area contributed by atoms with Crippen LogP contribution >= 0.6 is 0 Å². The van der Waals surface area contributed by atoms with Crippen molar-refractivity contribution in [2.45, 2.75) is 34.2 Å². The van der Waals surface area contributed by atoms with E-state index >= 15 is 0 Å². The maximum absolute atomic E-state index is 12.2. The molecule has 1 aromatic carbocycles. The number of carbonyl (C=O) groups excluding carboxylic acids is 2. The molecule has 0 aliphatic carbocycles. The number of nitrogens with zero attached hydrogens (tertiary/aromatic N) is 2. The molecule has 112 valence electrons. The third-order valence-electron chi connectivity index (χ3n) is 3.42. The summed E-state index contributed by atoms with van der Waals surface area (Å²) in [5.74, 6) is 0.610. The Hall–Kier alpha value is -2.17. The van der Waals surface area contributed by atoms with Gasteiger partial charge in [0.15, 0.2) is 11.6 Å². The topological polar surface area (TPSA) is 61.2 Å². The average molecular weight is 288 g/mol. The van der Waals surface area contributed by atoms with Crippen LogP contribution in [-0.2, 0) is 11.3 Å². The summed E-state index contributed by atoms with van der Waals surface area (Å²) in [4.78, 5) is 24.0. The molecule has 0 saturated heterocycles. The highest BCUT2D eigenvalue weighted by Gasteiger charge is 2.24. The van der Waals surface area contributed by atoms with Gasteiger partial charge in [0, 0.05) is 23.8 Å². The highest BCUT2D eigenvalue weighted by Crippen LogP contribution is 2.25. The van der Waals surface area contributed by atoms with Crippen molar-refractivity contribution in [2.24, 2.45) is 5.41 Å². The van der Waals surface area contributed by atoms with E-state index in [2.05, 4.69) is 5.10 Å². The van der Waals surface area contributed by atoms with E-state index < -0.39 is 5.41 Å². The lowest BCUT2D eigenvalue weighted by atomic mass is 9.91. The predicted octanol–water partition coefficient (Wildman–Crippen LogP) is 2.86. The van der Waals surface area contributed by atoms with Gasteiger partial charge in [-0.3, -0.25) is 14.3 Å². The third kappa shape index (κ3) is 2.96. The summed E-state index contributed by atoms with van der Waals surface area (Å²) >= 11 is 0. The van der Waals surface area contributed by atoms with E-state index in [-0.39, 0.29) is 18.1 Å². The molecule has 2 aromatic rings. The van der Waals surface area contributed by atoms with E-state index in [1.165, 1.54) is 6.92 Å². The average Bonchev–Trinajstić information content (AvgIpc) is 2.76. The molecule has 0 atom stereocenters. The molecular weight excluding hydrogens is 268 g/mol. The Morgan fingerprint density at radius 3 is 2.48 bits per heavy atom. The second-order valence-corrected chi connectivity index (χ2v) is 6.12. The normalized spacial score (nSPS) is 11.7. The lowest BCUT2D eigenvalue weighted by Gasteiger charge is -2.16. The largest absolute Gasteiger partial charge is 0.497 e. The highest BCUT2D eigenvalue weighted by atomic mass is 16.5. The predicted molar refractivity (Wildman–Crippen MR) is 80.8 cm³/mol. The van der Waals surface area contributed by atoms with Gasteiger partial charge in [-0.2, -0.15) is 5.10 Å². The van der Waals surface area contributed by atoms with Gasteiger partial charge in [0.25, 0.3) is 0 Å². The summed E-state index contributed by atoms with van der Waals surface area (Å²) in [7, 11) is 1.58. The first kappa shape index (κ1) is 15.2. The molecule has 5 nitrogen and oxygen atoms in total. The summed E-state index contributed by atoms with van der Waals surface area (Å²) in [5.41, 5.74) is 0.666. The first-order valence-electron chi connectivity index (χ1n) is 6.83. The number of aromatic nitrogens is 2. The summed E-state index contributed by atoms with van der Waals surface area (Å²) in [6, 6.07) is 5.38. The van der Waals surface area contributed by atoms with E-state index in [1.807, 2.05) is 20.8 Å². The Morgan fingerprint density at radius 1 is 1.29 bits per heavy atom. The van der Waals surface area contributed by atoms with E-state index in [0.717, 1.165) is 10.9 Å². The van der Waals surface area contributed by atoms with Crippen LogP contribution < -0.4 is 4.74 Å². The molecule has 0 saturated carbocycles. The number of Topliss-reactive ketones (excluding diaryl/α,β-unsaturated/α-hetero) is 2. The first-order valence-corrected chi connectivity index (χ1v) is 6.83. The number of ketones is 2. The fourth-order valence-corrected chi connectivity index (χ4v) is 2.03. The number of carbonyl (C=O) groups is 2. The fraction of sp³-hybridized carbons (Fsp3) is 0.438. The Balaban J connectivity index is 2.57. The molecule has 2 rings (SSSR count). The summed E-state index contributed by atoms with van der Waals surface area (Å²) in [5, 5.41) is 5.05. The summed E-state index contributed by atoms with van der Waals surface area (Å²) < 4.78 is 6.79. The molecule has 0 aliphatic rings. The maximum Gasteiger partial charge on any atom is 0.180 e. The van der Waals surface area contributed by atoms with Crippen LogP contribution in [0.2, 0.25) is 0 Å². The molecule has 0 fully saturated rings. The zero-order chi connectivity index (χ0) is 15.8. The molecule has 1 heterocycles. The van der Waals surface area contributed by atoms with Crippen LogP contribution in [0.3, 0.4) is 0 Å². The van der Waals surface area contributed by atoms with E-state index in [4.69, 9.17) is 4.74 Å². The van der Waals surface area contributed by atoms with Crippen LogP contribution in [0.25, 0.3) is 10.9 Å². The van der Waals surface area contributed by atoms with Crippen LogP contribution in [0.5, 0.6) is 5.75 Å². The van der Waals surface area contributed by atoms with Crippen molar-refractivity contribution in [1.82, 2.24) is 9.78 Å². The molecule has 0 spiro atoms. The van der Waals surface area contributed by atoms with E-state index in [1.54, 1.807) is 30.0 Å². The van der Waals surface area contributed by atoms with Crippen molar-refractivity contribution in [3.8, 4) is 5.75 Å². The minimum Gasteiger partial charge on any atom is -0.497 e. The molecule has 0 N–H and O–H groups in total. The molecule has 0 unspecified atom stereocenters. The fourth-order valence-electron chi connectivity index (χ4n) is 2.03. The smallest absolute Gasteiger partial charge is 0.180 e. The molecule has 5 heteroatoms. The Bertz CT molecular complexity index is 708. The van der Waals surface area contributed by atoms with Gasteiger partial charge in [-0.25, -0.2) is 0 Å². The van der Waals surface area contributed by atoms with Gasteiger partial charge in [0.05, 0.1) is 12.6 Å². The molecule has 1 aromatic heterocycles. The summed E-state index contributed by atoms with van der Waals surface area (Å²) in [6.45, 7) is 7.22. The zero-order valence-electron chi connectivity index (χ0n) is 13.1. The highest BCUT2D eigenvalue weighted by molar-refractivity contribution is 6.05. The first-order chi connectivity index (χ1) is 9.74. The van der Waals surface area contributed by atoms with E-state index in [9.17, 15) is 9.59 Å². The lowest BCUT2D eigenvalue weighted by Crippen LogP contribution is -2.25. The zero-order valence-corrected chi connectivity index (χ0v) is 13.1. The number of hydrogen-bond acceptors (Lipinski definition) is 4. The molecule has 0 aliphatic heterocycles. The molecule has 0 amide bonds. The van der Waals surface area contributed by atoms with Crippen LogP contribution in [0.1, 0.15) is 38.2 Å². The number of fused-ring (bicyclic) bond motifs is 1. The van der Waals surface area contributed by atoms with Crippen molar-refractivity contribution in [1.29, 1.82) is 0 Å². The van der Waals surface area contributed by atoms with Crippen molar-refractivity contribution >= 4 is 22.5 Å². The van der Waals surface area contributed by atoms with Crippen molar-refractivity contribution in [3.63, 3.8) is 0 Å². The van der Waals surface area contributed by atoms with Crippen molar-refractivity contribution < 1.29 is 14.3 Å². The molecular formula is C16H20N2O3. The molecule has 21 heavy (non-hydrogen) atoms. The van der Waals surface area contributed by atoms with Crippen LogP contribution in [0, 0.1) is 5.41 Å². The maximum atomic E-state index is 12.2. The van der Waals surface area contributed by atoms with Gasteiger partial charge in [0.1, 0.15) is 18.0 Å². The van der Waals surface area contributed by atoms with Gasteiger partial charge in [-0.15, -0.1) is 0 Å².